The fourth-order valence-electron chi connectivity index (χ4n) is 3.64. The summed E-state index contributed by atoms with van der Waals surface area (Å²) < 4.78 is 6.80. The van der Waals surface area contributed by atoms with Crippen molar-refractivity contribution in [1.82, 2.24) is 19.7 Å². The quantitative estimate of drug-likeness (QED) is 0.584. The van der Waals surface area contributed by atoms with E-state index in [1.807, 2.05) is 13.8 Å². The third-order valence-electron chi connectivity index (χ3n) is 4.97. The molecule has 1 aliphatic heterocycles. The molecule has 2 N–H and O–H groups in total. The monoisotopic (exact) mass is 443 g/mol. The highest BCUT2D eigenvalue weighted by Crippen LogP contribution is 2.35. The van der Waals surface area contributed by atoms with Crippen LogP contribution >= 0.6 is 0 Å². The molecule has 3 aromatic rings. The van der Waals surface area contributed by atoms with Gasteiger partial charge in [-0.3, -0.25) is 9.59 Å². The Morgan fingerprint density at radius 3 is 2.69 bits per heavy atom. The Hall–Kier alpha value is -3.69. The van der Waals surface area contributed by atoms with Crippen LogP contribution < -0.4 is 9.64 Å². The fourth-order valence-corrected chi connectivity index (χ4v) is 3.64. The van der Waals surface area contributed by atoms with Crippen LogP contribution in [-0.4, -0.2) is 56.0 Å². The highest BCUT2D eigenvalue weighted by atomic mass is 16.5. The van der Waals surface area contributed by atoms with Crippen molar-refractivity contribution in [2.45, 2.75) is 40.7 Å². The summed E-state index contributed by atoms with van der Waals surface area (Å²) >= 11 is 0. The molecule has 0 unspecified atom stereocenters. The molecular formula is C22H29N5O5. The predicted octanol–water partition coefficient (Wildman–Crippen LogP) is 3.13. The van der Waals surface area contributed by atoms with Gasteiger partial charge in [0.2, 0.25) is 5.91 Å². The number of aromatic nitrogens is 4. The molecule has 0 saturated heterocycles. The molecule has 2 aromatic heterocycles. The number of phenols is 1. The smallest absolute Gasteiger partial charge is 0.290 e. The number of phenolic OH excluding ortho intramolecular Hbond substituents is 1. The van der Waals surface area contributed by atoms with Gasteiger partial charge in [-0.25, -0.2) is 14.6 Å². The summed E-state index contributed by atoms with van der Waals surface area (Å²) in [6.45, 7) is 5.13. The van der Waals surface area contributed by atoms with Crippen LogP contribution in [0.4, 0.5) is 5.82 Å². The molecule has 10 nitrogen and oxygen atoms in total. The third-order valence-corrected chi connectivity index (χ3v) is 4.97. The molecule has 10 heteroatoms. The van der Waals surface area contributed by atoms with Gasteiger partial charge in [-0.2, -0.15) is 5.10 Å². The number of benzene rings is 1. The first-order valence-electron chi connectivity index (χ1n) is 9.83. The maximum Gasteiger partial charge on any atom is 0.290 e. The zero-order valence-corrected chi connectivity index (χ0v) is 17.6. The SMILES string of the molecule is C.COc1cc2c(N3CCc4c(cnn4C(=O)CC(C)C)C3)ncnc2cc1O.O=CO. The summed E-state index contributed by atoms with van der Waals surface area (Å²) in [5.74, 6) is 1.54. The molecule has 1 aliphatic rings. The van der Waals surface area contributed by atoms with Crippen molar-refractivity contribution in [3.05, 3.63) is 35.9 Å². The number of hydrogen-bond donors (Lipinski definition) is 2. The lowest BCUT2D eigenvalue weighted by Gasteiger charge is -2.29. The van der Waals surface area contributed by atoms with E-state index >= 15 is 0 Å². The largest absolute Gasteiger partial charge is 0.504 e. The Labute approximate surface area is 186 Å². The first-order valence-corrected chi connectivity index (χ1v) is 9.83. The van der Waals surface area contributed by atoms with Crippen LogP contribution in [0.25, 0.3) is 10.9 Å². The van der Waals surface area contributed by atoms with Gasteiger partial charge in [0.1, 0.15) is 12.1 Å². The van der Waals surface area contributed by atoms with Crippen molar-refractivity contribution in [3.63, 3.8) is 0 Å². The molecule has 1 aromatic carbocycles. The Morgan fingerprint density at radius 2 is 2.03 bits per heavy atom. The topological polar surface area (TPSA) is 131 Å². The summed E-state index contributed by atoms with van der Waals surface area (Å²) in [5, 5.41) is 22.0. The van der Waals surface area contributed by atoms with Gasteiger partial charge in [-0.05, 0) is 12.0 Å². The molecular weight excluding hydrogens is 414 g/mol. The summed E-state index contributed by atoms with van der Waals surface area (Å²) in [5.41, 5.74) is 2.66. The van der Waals surface area contributed by atoms with E-state index in [2.05, 4.69) is 20.0 Å². The molecule has 0 radical (unpaired) electrons. The summed E-state index contributed by atoms with van der Waals surface area (Å²) in [4.78, 5) is 31.7. The molecule has 0 atom stereocenters. The number of fused-ring (bicyclic) bond motifs is 2. The lowest BCUT2D eigenvalue weighted by molar-refractivity contribution is -0.122. The molecule has 32 heavy (non-hydrogen) atoms. The molecule has 0 saturated carbocycles. The van der Waals surface area contributed by atoms with E-state index < -0.39 is 0 Å². The van der Waals surface area contributed by atoms with Crippen LogP contribution in [0.15, 0.2) is 24.7 Å². The maximum atomic E-state index is 12.4. The number of methoxy groups -OCH3 is 1. The van der Waals surface area contributed by atoms with Crippen LogP contribution in [-0.2, 0) is 17.8 Å². The van der Waals surface area contributed by atoms with Gasteiger partial charge in [0, 0.05) is 42.9 Å². The average Bonchev–Trinajstić information content (AvgIpc) is 3.16. The minimum absolute atomic E-state index is 0. The zero-order valence-electron chi connectivity index (χ0n) is 17.6. The van der Waals surface area contributed by atoms with Crippen molar-refractivity contribution < 1.29 is 24.5 Å². The van der Waals surface area contributed by atoms with Crippen LogP contribution in [0.3, 0.4) is 0 Å². The number of carbonyl (C=O) groups excluding carboxylic acids is 1. The molecule has 0 bridgehead atoms. The van der Waals surface area contributed by atoms with Crippen molar-refractivity contribution in [3.8, 4) is 11.5 Å². The van der Waals surface area contributed by atoms with E-state index in [1.54, 1.807) is 23.0 Å². The first-order chi connectivity index (χ1) is 14.9. The van der Waals surface area contributed by atoms with Crippen LogP contribution in [0.2, 0.25) is 0 Å². The number of carboxylic acid groups (broad SMARTS) is 1. The van der Waals surface area contributed by atoms with Crippen molar-refractivity contribution in [2.24, 2.45) is 5.92 Å². The highest BCUT2D eigenvalue weighted by molar-refractivity contribution is 5.92. The third kappa shape index (κ3) is 4.96. The predicted molar refractivity (Wildman–Crippen MR) is 120 cm³/mol. The fraction of sp³-hybridized carbons (Fsp3) is 0.409. The Balaban J connectivity index is 0.000000860. The summed E-state index contributed by atoms with van der Waals surface area (Å²) in [7, 11) is 1.51. The number of carbonyl (C=O) groups is 2. The molecule has 172 valence electrons. The van der Waals surface area contributed by atoms with Gasteiger partial charge >= 0.3 is 0 Å². The van der Waals surface area contributed by atoms with Crippen molar-refractivity contribution in [2.75, 3.05) is 18.6 Å². The normalized spacial score (nSPS) is 12.4. The Kier molecular flexibility index (Phi) is 8.11. The summed E-state index contributed by atoms with van der Waals surface area (Å²) in [6, 6.07) is 3.34. The van der Waals surface area contributed by atoms with Crippen molar-refractivity contribution >= 4 is 29.1 Å². The maximum absolute atomic E-state index is 12.4. The van der Waals surface area contributed by atoms with E-state index in [-0.39, 0.29) is 25.6 Å². The van der Waals surface area contributed by atoms with Gasteiger partial charge < -0.3 is 19.8 Å². The van der Waals surface area contributed by atoms with Crippen LogP contribution in [0, 0.1) is 5.92 Å². The number of hydrogen-bond acceptors (Lipinski definition) is 8. The second-order valence-electron chi connectivity index (χ2n) is 7.54. The van der Waals surface area contributed by atoms with Gasteiger partial charge in [0.25, 0.3) is 6.47 Å². The zero-order chi connectivity index (χ0) is 22.5. The molecule has 4 rings (SSSR count). The number of anilines is 1. The average molecular weight is 444 g/mol. The van der Waals surface area contributed by atoms with Gasteiger partial charge in [0.05, 0.1) is 24.5 Å². The molecule has 0 spiro atoms. The molecule has 0 aliphatic carbocycles. The van der Waals surface area contributed by atoms with Crippen molar-refractivity contribution in [1.29, 1.82) is 0 Å². The number of rotatable bonds is 4. The molecule has 0 fully saturated rings. The van der Waals surface area contributed by atoms with Crippen LogP contribution in [0.1, 0.15) is 43.7 Å². The van der Waals surface area contributed by atoms with Crippen LogP contribution in [0.5, 0.6) is 11.5 Å². The standard InChI is InChI=1S/C20H23N5O3.CH2O2.CH4/c1-12(2)6-19(27)25-16-4-5-24(10-13(16)9-23-25)20-14-7-18(28-3)17(26)8-15(14)21-11-22-20;2-1-3;/h7-9,11-12,26H,4-6,10H2,1-3H3;1H,(H,2,3);1H4. The number of nitrogens with zero attached hydrogens (tertiary/aromatic N) is 5. The minimum atomic E-state index is -0.250. The Bertz CT molecular complexity index is 1100. The lowest BCUT2D eigenvalue weighted by Crippen LogP contribution is -2.32. The number of ether oxygens (including phenoxy) is 1. The second kappa shape index (κ2) is 10.6. The van der Waals surface area contributed by atoms with E-state index in [9.17, 15) is 9.90 Å². The van der Waals surface area contributed by atoms with E-state index in [0.29, 0.717) is 43.1 Å². The van der Waals surface area contributed by atoms with E-state index in [1.165, 1.54) is 13.4 Å². The van der Waals surface area contributed by atoms with Gasteiger partial charge in [0.15, 0.2) is 11.5 Å². The highest BCUT2D eigenvalue weighted by Gasteiger charge is 2.25. The lowest BCUT2D eigenvalue weighted by atomic mass is 10.1. The summed E-state index contributed by atoms with van der Waals surface area (Å²) in [6.07, 6.45) is 4.46. The minimum Gasteiger partial charge on any atom is -0.504 e. The van der Waals surface area contributed by atoms with Gasteiger partial charge in [-0.1, -0.05) is 21.3 Å². The first kappa shape index (κ1) is 24.6. The molecule has 0 amide bonds. The van der Waals surface area contributed by atoms with E-state index in [0.717, 1.165) is 22.5 Å². The molecule has 3 heterocycles. The second-order valence-corrected chi connectivity index (χ2v) is 7.54. The number of aromatic hydroxyl groups is 1. The van der Waals surface area contributed by atoms with Gasteiger partial charge in [-0.15, -0.1) is 0 Å². The van der Waals surface area contributed by atoms with E-state index in [4.69, 9.17) is 14.6 Å². The Morgan fingerprint density at radius 1 is 1.31 bits per heavy atom.